The van der Waals surface area contributed by atoms with E-state index in [0.29, 0.717) is 6.04 Å². The number of nitrogens with one attached hydrogen (secondary N) is 1. The van der Waals surface area contributed by atoms with Crippen LogP contribution in [0.2, 0.25) is 0 Å². The van der Waals surface area contributed by atoms with E-state index in [2.05, 4.69) is 48.7 Å². The Morgan fingerprint density at radius 3 is 2.71 bits per heavy atom. The highest BCUT2D eigenvalue weighted by atomic mass is 32.1. The normalized spacial score (nSPS) is 12.7. The predicted molar refractivity (Wildman–Crippen MR) is 73.7 cm³/mol. The third-order valence-electron chi connectivity index (χ3n) is 3.12. The molecule has 0 saturated heterocycles. The lowest BCUT2D eigenvalue weighted by atomic mass is 10.1. The van der Waals surface area contributed by atoms with Crippen LogP contribution in [0.25, 0.3) is 0 Å². The van der Waals surface area contributed by atoms with E-state index in [0.717, 1.165) is 12.1 Å². The van der Waals surface area contributed by atoms with Crippen LogP contribution in [-0.2, 0) is 7.05 Å². The Hall–Kier alpha value is -1.29. The van der Waals surface area contributed by atoms with Gasteiger partial charge in [0.15, 0.2) is 0 Å². The lowest BCUT2D eigenvalue weighted by molar-refractivity contribution is 0.729. The molecule has 0 radical (unpaired) electrons. The third kappa shape index (κ3) is 2.36. The molecule has 1 unspecified atom stereocenters. The minimum Gasteiger partial charge on any atom is -0.374 e. The highest BCUT2D eigenvalue weighted by Crippen LogP contribution is 2.29. The fraction of sp³-hybridized carbons (Fsp3) is 0.462. The third-order valence-corrected chi connectivity index (χ3v) is 4.11. The molecule has 0 aliphatic carbocycles. The van der Waals surface area contributed by atoms with Crippen molar-refractivity contribution in [1.29, 1.82) is 0 Å². The lowest BCUT2D eigenvalue weighted by Gasteiger charge is -2.17. The van der Waals surface area contributed by atoms with E-state index in [-0.39, 0.29) is 0 Å². The van der Waals surface area contributed by atoms with E-state index in [1.54, 1.807) is 11.3 Å². The van der Waals surface area contributed by atoms with E-state index in [1.807, 2.05) is 11.7 Å². The van der Waals surface area contributed by atoms with E-state index >= 15 is 0 Å². The molecule has 0 aromatic carbocycles. The quantitative estimate of drug-likeness (QED) is 0.896. The molecule has 0 aliphatic heterocycles. The number of thiophene rings is 1. The number of anilines is 1. The molecule has 0 bridgehead atoms. The zero-order valence-electron chi connectivity index (χ0n) is 10.8. The highest BCUT2D eigenvalue weighted by Gasteiger charge is 2.15. The van der Waals surface area contributed by atoms with Crippen LogP contribution >= 0.6 is 11.3 Å². The van der Waals surface area contributed by atoms with E-state index < -0.39 is 0 Å². The second kappa shape index (κ2) is 4.92. The maximum atomic E-state index is 4.44. The Bertz CT molecular complexity index is 485. The summed E-state index contributed by atoms with van der Waals surface area (Å²) in [5.41, 5.74) is 3.44. The number of aromatic nitrogens is 2. The van der Waals surface area contributed by atoms with Crippen LogP contribution in [0.1, 0.15) is 35.7 Å². The van der Waals surface area contributed by atoms with E-state index in [4.69, 9.17) is 0 Å². The molecule has 92 valence electrons. The molecule has 2 heterocycles. The Balaban J connectivity index is 2.24. The van der Waals surface area contributed by atoms with E-state index in [1.165, 1.54) is 16.3 Å². The van der Waals surface area contributed by atoms with Gasteiger partial charge in [0.25, 0.3) is 0 Å². The minimum absolute atomic E-state index is 0.386. The van der Waals surface area contributed by atoms with Crippen molar-refractivity contribution in [3.63, 3.8) is 0 Å². The Morgan fingerprint density at radius 2 is 2.24 bits per heavy atom. The van der Waals surface area contributed by atoms with Crippen molar-refractivity contribution in [2.45, 2.75) is 33.2 Å². The fourth-order valence-corrected chi connectivity index (χ4v) is 2.88. The van der Waals surface area contributed by atoms with Crippen LogP contribution in [0.5, 0.6) is 0 Å². The topological polar surface area (TPSA) is 29.9 Å². The van der Waals surface area contributed by atoms with Gasteiger partial charge in [0.2, 0.25) is 0 Å². The number of nitrogens with zero attached hydrogens (tertiary/aromatic N) is 2. The summed E-state index contributed by atoms with van der Waals surface area (Å²) >= 11 is 1.80. The van der Waals surface area contributed by atoms with Gasteiger partial charge in [0.1, 0.15) is 0 Å². The van der Waals surface area contributed by atoms with Gasteiger partial charge in [-0.15, -0.1) is 11.3 Å². The largest absolute Gasteiger partial charge is 0.374 e. The minimum atomic E-state index is 0.386. The summed E-state index contributed by atoms with van der Waals surface area (Å²) in [6, 6.07) is 4.68. The SMILES string of the molecule is CCC(Nc1c(C)nn(C)c1C)c1cccs1. The van der Waals surface area contributed by atoms with Crippen molar-refractivity contribution in [2.24, 2.45) is 7.05 Å². The first-order valence-corrected chi connectivity index (χ1v) is 6.81. The van der Waals surface area contributed by atoms with Gasteiger partial charge in [-0.2, -0.15) is 5.10 Å². The average Bonchev–Trinajstić information content (AvgIpc) is 2.89. The molecule has 3 nitrogen and oxygen atoms in total. The number of hydrogen-bond donors (Lipinski definition) is 1. The van der Waals surface area contributed by atoms with E-state index in [9.17, 15) is 0 Å². The summed E-state index contributed by atoms with van der Waals surface area (Å²) < 4.78 is 1.93. The molecular weight excluding hydrogens is 230 g/mol. The first kappa shape index (κ1) is 12.2. The number of hydrogen-bond acceptors (Lipinski definition) is 3. The molecule has 2 aromatic heterocycles. The van der Waals surface area contributed by atoms with Gasteiger partial charge in [-0.05, 0) is 31.7 Å². The standard InChI is InChI=1S/C13H19N3S/c1-5-11(12-7-6-8-17-12)14-13-9(2)15-16(4)10(13)3/h6-8,11,14H,5H2,1-4H3. The first-order chi connectivity index (χ1) is 8.13. The lowest BCUT2D eigenvalue weighted by Crippen LogP contribution is -2.09. The van der Waals surface area contributed by atoms with Gasteiger partial charge in [-0.25, -0.2) is 0 Å². The molecule has 0 saturated carbocycles. The summed E-state index contributed by atoms with van der Waals surface area (Å²) in [5, 5.41) is 10.2. The Kier molecular flexibility index (Phi) is 3.52. The zero-order valence-corrected chi connectivity index (χ0v) is 11.6. The molecule has 0 aliphatic rings. The van der Waals surface area contributed by atoms with Crippen LogP contribution in [0.4, 0.5) is 5.69 Å². The monoisotopic (exact) mass is 249 g/mol. The van der Waals surface area contributed by atoms with Crippen LogP contribution in [0, 0.1) is 13.8 Å². The summed E-state index contributed by atoms with van der Waals surface area (Å²) in [4.78, 5) is 1.38. The summed E-state index contributed by atoms with van der Waals surface area (Å²) in [6.07, 6.45) is 1.08. The maximum Gasteiger partial charge on any atom is 0.0828 e. The van der Waals surface area contributed by atoms with Gasteiger partial charge in [-0.1, -0.05) is 13.0 Å². The van der Waals surface area contributed by atoms with Crippen molar-refractivity contribution in [1.82, 2.24) is 9.78 Å². The molecule has 2 aromatic rings. The molecule has 4 heteroatoms. The average molecular weight is 249 g/mol. The second-order valence-electron chi connectivity index (χ2n) is 4.29. The molecule has 2 rings (SSSR count). The first-order valence-electron chi connectivity index (χ1n) is 5.93. The van der Waals surface area contributed by atoms with Crippen LogP contribution in [0.3, 0.4) is 0 Å². The second-order valence-corrected chi connectivity index (χ2v) is 5.27. The molecule has 0 fully saturated rings. The maximum absolute atomic E-state index is 4.44. The Labute approximate surface area is 106 Å². The number of aryl methyl sites for hydroxylation is 2. The van der Waals surface area contributed by atoms with Crippen molar-refractivity contribution < 1.29 is 0 Å². The van der Waals surface area contributed by atoms with Gasteiger partial charge in [0.05, 0.1) is 23.1 Å². The highest BCUT2D eigenvalue weighted by molar-refractivity contribution is 7.10. The molecule has 0 spiro atoms. The molecule has 1 N–H and O–H groups in total. The summed E-state index contributed by atoms with van der Waals surface area (Å²) in [5.74, 6) is 0. The molecule has 0 amide bonds. The zero-order chi connectivity index (χ0) is 12.4. The predicted octanol–water partition coefficient (Wildman–Crippen LogP) is 3.66. The van der Waals surface area contributed by atoms with Gasteiger partial charge < -0.3 is 5.32 Å². The molecule has 1 atom stereocenters. The molecule has 17 heavy (non-hydrogen) atoms. The van der Waals surface area contributed by atoms with Crippen LogP contribution in [-0.4, -0.2) is 9.78 Å². The van der Waals surface area contributed by atoms with Crippen molar-refractivity contribution in [3.05, 3.63) is 33.8 Å². The van der Waals surface area contributed by atoms with Crippen molar-refractivity contribution in [3.8, 4) is 0 Å². The van der Waals surface area contributed by atoms with Crippen molar-refractivity contribution in [2.75, 3.05) is 5.32 Å². The molecular formula is C13H19N3S. The summed E-state index contributed by atoms with van der Waals surface area (Å²) in [7, 11) is 1.99. The number of rotatable bonds is 4. The van der Waals surface area contributed by atoms with Gasteiger partial charge in [-0.3, -0.25) is 4.68 Å². The smallest absolute Gasteiger partial charge is 0.0828 e. The van der Waals surface area contributed by atoms with Crippen LogP contribution < -0.4 is 5.32 Å². The van der Waals surface area contributed by atoms with Crippen LogP contribution in [0.15, 0.2) is 17.5 Å². The fourth-order valence-electron chi connectivity index (χ4n) is 2.02. The van der Waals surface area contributed by atoms with Gasteiger partial charge in [0, 0.05) is 11.9 Å². The van der Waals surface area contributed by atoms with Gasteiger partial charge >= 0.3 is 0 Å². The van der Waals surface area contributed by atoms with Crippen molar-refractivity contribution >= 4 is 17.0 Å². The Morgan fingerprint density at radius 1 is 1.47 bits per heavy atom. The summed E-state index contributed by atoms with van der Waals surface area (Å²) in [6.45, 7) is 6.36.